The Hall–Kier alpha value is -1.63. The van der Waals surface area contributed by atoms with Gasteiger partial charge in [0.25, 0.3) is 0 Å². The van der Waals surface area contributed by atoms with E-state index in [-0.39, 0.29) is 24.1 Å². The molecule has 3 N–H and O–H groups in total. The molecule has 0 radical (unpaired) electrons. The number of hydrogen-bond donors (Lipinski definition) is 2. The van der Waals surface area contributed by atoms with Crippen molar-refractivity contribution in [2.24, 2.45) is 5.73 Å². The summed E-state index contributed by atoms with van der Waals surface area (Å²) in [4.78, 5) is 5.20. The first kappa shape index (κ1) is 15.4. The van der Waals surface area contributed by atoms with E-state index in [1.165, 1.54) is 11.1 Å². The third-order valence-corrected chi connectivity index (χ3v) is 2.63. The van der Waals surface area contributed by atoms with Crippen LogP contribution >= 0.6 is 0 Å². The first-order valence-electron chi connectivity index (χ1n) is 5.80. The molecule has 1 aromatic heterocycles. The second-order valence-electron chi connectivity index (χ2n) is 4.54. The Morgan fingerprint density at radius 1 is 1.47 bits per heavy atom. The summed E-state index contributed by atoms with van der Waals surface area (Å²) < 4.78 is 37.5. The maximum Gasteiger partial charge on any atom is 0.401 e. The zero-order valence-electron chi connectivity index (χ0n) is 10.8. The first-order chi connectivity index (χ1) is 8.70. The maximum absolute atomic E-state index is 12.5. The number of alkyl halides is 3. The molecule has 0 spiro atoms. The van der Waals surface area contributed by atoms with Crippen molar-refractivity contribution >= 4 is 5.84 Å². The Morgan fingerprint density at radius 2 is 2.11 bits per heavy atom. The normalized spacial score (nSPS) is 12.2. The number of amidine groups is 1. The van der Waals surface area contributed by atoms with E-state index >= 15 is 0 Å². The smallest absolute Gasteiger partial charge is 0.382 e. The lowest BCUT2D eigenvalue weighted by Crippen LogP contribution is -2.39. The molecule has 1 heterocycles. The number of hydrogen-bond acceptors (Lipinski definition) is 3. The summed E-state index contributed by atoms with van der Waals surface area (Å²) >= 11 is 0. The number of nitrogen functional groups attached to an aromatic ring is 1. The van der Waals surface area contributed by atoms with Gasteiger partial charge in [0.15, 0.2) is 0 Å². The number of nitrogens with two attached hydrogens (primary N) is 1. The second-order valence-corrected chi connectivity index (χ2v) is 4.54. The lowest BCUT2D eigenvalue weighted by atomic mass is 10.1. The van der Waals surface area contributed by atoms with Crippen LogP contribution in [0.25, 0.3) is 0 Å². The summed E-state index contributed by atoms with van der Waals surface area (Å²) in [6.45, 7) is 2.43. The lowest BCUT2D eigenvalue weighted by Gasteiger charge is -2.27. The molecule has 0 saturated carbocycles. The Balaban J connectivity index is 2.94. The predicted molar refractivity (Wildman–Crippen MR) is 66.9 cm³/mol. The fraction of sp³-hybridized carbons (Fsp3) is 0.500. The van der Waals surface area contributed by atoms with E-state index in [9.17, 15) is 13.2 Å². The molecule has 0 unspecified atom stereocenters. The molecule has 0 aliphatic rings. The Morgan fingerprint density at radius 3 is 2.58 bits per heavy atom. The number of aromatic nitrogens is 1. The van der Waals surface area contributed by atoms with E-state index in [1.807, 2.05) is 0 Å². The number of nitrogens with one attached hydrogen (secondary N) is 1. The van der Waals surface area contributed by atoms with Gasteiger partial charge in [0.2, 0.25) is 0 Å². The molecule has 0 aliphatic carbocycles. The van der Waals surface area contributed by atoms with E-state index < -0.39 is 12.7 Å². The van der Waals surface area contributed by atoms with Gasteiger partial charge in [-0.2, -0.15) is 13.2 Å². The zero-order chi connectivity index (χ0) is 14.6. The molecule has 0 amide bonds. The monoisotopic (exact) mass is 274 g/mol. The van der Waals surface area contributed by atoms with Crippen LogP contribution in [0.5, 0.6) is 0 Å². The van der Waals surface area contributed by atoms with Crippen LogP contribution in [-0.2, 0) is 6.54 Å². The van der Waals surface area contributed by atoms with Crippen LogP contribution in [0.1, 0.15) is 25.1 Å². The second kappa shape index (κ2) is 6.01. The highest BCUT2D eigenvalue weighted by atomic mass is 19.4. The molecule has 106 valence electrons. The van der Waals surface area contributed by atoms with Gasteiger partial charge in [-0.1, -0.05) is 6.07 Å². The molecule has 1 aromatic rings. The molecule has 19 heavy (non-hydrogen) atoms. The SMILES string of the molecule is CC(C)N(Cc1cccnc1C(=N)N)CC(F)(F)F. The number of rotatable bonds is 5. The number of pyridine rings is 1. The largest absolute Gasteiger partial charge is 0.401 e. The number of nitrogens with zero attached hydrogens (tertiary/aromatic N) is 2. The molecule has 0 saturated heterocycles. The minimum Gasteiger partial charge on any atom is -0.382 e. The van der Waals surface area contributed by atoms with Crippen molar-refractivity contribution in [3.05, 3.63) is 29.6 Å². The van der Waals surface area contributed by atoms with Crippen LogP contribution < -0.4 is 5.73 Å². The van der Waals surface area contributed by atoms with Crippen molar-refractivity contribution < 1.29 is 13.2 Å². The molecule has 0 fully saturated rings. The summed E-state index contributed by atoms with van der Waals surface area (Å²) in [6, 6.07) is 2.98. The highest BCUT2D eigenvalue weighted by Crippen LogP contribution is 2.20. The average Bonchev–Trinajstić information content (AvgIpc) is 2.26. The quantitative estimate of drug-likeness (QED) is 0.638. The van der Waals surface area contributed by atoms with Gasteiger partial charge < -0.3 is 5.73 Å². The van der Waals surface area contributed by atoms with Gasteiger partial charge in [0, 0.05) is 18.8 Å². The van der Waals surface area contributed by atoms with E-state index in [0.29, 0.717) is 5.56 Å². The van der Waals surface area contributed by atoms with Gasteiger partial charge in [-0.25, -0.2) is 0 Å². The van der Waals surface area contributed by atoms with Crippen LogP contribution in [0.2, 0.25) is 0 Å². The van der Waals surface area contributed by atoms with Crippen molar-refractivity contribution in [1.82, 2.24) is 9.88 Å². The molecule has 0 aliphatic heterocycles. The summed E-state index contributed by atoms with van der Waals surface area (Å²) in [7, 11) is 0. The van der Waals surface area contributed by atoms with Gasteiger partial charge in [-0.3, -0.25) is 15.3 Å². The molecule has 0 bridgehead atoms. The van der Waals surface area contributed by atoms with E-state index in [2.05, 4.69) is 4.98 Å². The molecular weight excluding hydrogens is 257 g/mol. The van der Waals surface area contributed by atoms with Crippen LogP contribution in [0.4, 0.5) is 13.2 Å². The number of halogens is 3. The van der Waals surface area contributed by atoms with Gasteiger partial charge >= 0.3 is 6.18 Å². The maximum atomic E-state index is 12.5. The Bertz CT molecular complexity index is 443. The van der Waals surface area contributed by atoms with Gasteiger partial charge in [0.05, 0.1) is 6.54 Å². The molecular formula is C12H17F3N4. The molecule has 7 heteroatoms. The van der Waals surface area contributed by atoms with Gasteiger partial charge in [0.1, 0.15) is 11.5 Å². The topological polar surface area (TPSA) is 66.0 Å². The summed E-state index contributed by atoms with van der Waals surface area (Å²) in [6.07, 6.45) is -2.80. The van der Waals surface area contributed by atoms with Crippen LogP contribution in [0, 0.1) is 5.41 Å². The van der Waals surface area contributed by atoms with Gasteiger partial charge in [-0.15, -0.1) is 0 Å². The molecule has 4 nitrogen and oxygen atoms in total. The molecule has 1 rings (SSSR count). The fourth-order valence-corrected chi connectivity index (χ4v) is 1.68. The third-order valence-electron chi connectivity index (χ3n) is 2.63. The average molecular weight is 274 g/mol. The van der Waals surface area contributed by atoms with Crippen molar-refractivity contribution in [3.8, 4) is 0 Å². The van der Waals surface area contributed by atoms with Crippen molar-refractivity contribution in [2.75, 3.05) is 6.54 Å². The van der Waals surface area contributed by atoms with Crippen LogP contribution in [-0.4, -0.2) is 34.5 Å². The third kappa shape index (κ3) is 4.86. The van der Waals surface area contributed by atoms with Crippen molar-refractivity contribution in [3.63, 3.8) is 0 Å². The lowest BCUT2D eigenvalue weighted by molar-refractivity contribution is -0.150. The Labute approximate surface area is 109 Å². The van der Waals surface area contributed by atoms with Crippen molar-refractivity contribution in [1.29, 1.82) is 5.41 Å². The van der Waals surface area contributed by atoms with Crippen molar-refractivity contribution in [2.45, 2.75) is 32.6 Å². The van der Waals surface area contributed by atoms with E-state index in [4.69, 9.17) is 11.1 Å². The van der Waals surface area contributed by atoms with Gasteiger partial charge in [-0.05, 0) is 25.5 Å². The predicted octanol–water partition coefficient (Wildman–Crippen LogP) is 2.14. The summed E-state index contributed by atoms with van der Waals surface area (Å²) in [5.41, 5.74) is 6.13. The fourth-order valence-electron chi connectivity index (χ4n) is 1.68. The first-order valence-corrected chi connectivity index (χ1v) is 5.80. The van der Waals surface area contributed by atoms with Crippen LogP contribution in [0.3, 0.4) is 0 Å². The minimum absolute atomic E-state index is 0.0555. The Kier molecular flexibility index (Phi) is 4.88. The minimum atomic E-state index is -4.26. The molecule has 0 atom stereocenters. The van der Waals surface area contributed by atoms with Crippen LogP contribution in [0.15, 0.2) is 18.3 Å². The zero-order valence-corrected chi connectivity index (χ0v) is 10.8. The standard InChI is InChI=1S/C12H17F3N4/c1-8(2)19(7-12(13,14)15)6-9-4-3-5-18-10(9)11(16)17/h3-5,8H,6-7H2,1-2H3,(H3,16,17). The summed E-state index contributed by atoms with van der Waals surface area (Å²) in [5, 5.41) is 7.38. The van der Waals surface area contributed by atoms with E-state index in [0.717, 1.165) is 0 Å². The highest BCUT2D eigenvalue weighted by Gasteiger charge is 2.32. The van der Waals surface area contributed by atoms with E-state index in [1.54, 1.807) is 26.0 Å². The summed E-state index contributed by atoms with van der Waals surface area (Å²) in [5.74, 6) is -0.244. The molecule has 0 aromatic carbocycles. The highest BCUT2D eigenvalue weighted by molar-refractivity contribution is 5.94.